The van der Waals surface area contributed by atoms with Gasteiger partial charge in [0, 0.05) is 24.7 Å². The lowest BCUT2D eigenvalue weighted by Gasteiger charge is -2.30. The van der Waals surface area contributed by atoms with Gasteiger partial charge in [-0.1, -0.05) is 30.3 Å². The molecular formula is C23H26N2O7S. The van der Waals surface area contributed by atoms with E-state index in [4.69, 9.17) is 14.2 Å². The van der Waals surface area contributed by atoms with Crippen molar-refractivity contribution in [1.82, 2.24) is 9.62 Å². The molecule has 1 saturated heterocycles. The number of nitrogens with one attached hydrogen (secondary N) is 1. The molecule has 1 aliphatic heterocycles. The third-order valence-electron chi connectivity index (χ3n) is 5.46. The lowest BCUT2D eigenvalue weighted by atomic mass is 10.1. The number of carbonyl (C=O) groups excluding carboxylic acids is 2. The number of morpholine rings is 1. The van der Waals surface area contributed by atoms with E-state index in [9.17, 15) is 18.0 Å². The van der Waals surface area contributed by atoms with E-state index in [0.717, 1.165) is 12.8 Å². The summed E-state index contributed by atoms with van der Waals surface area (Å²) in [4.78, 5) is 27.7. The Bertz CT molecular complexity index is 1110. The molecule has 2 aromatic carbocycles. The standard InChI is InChI=1S/C23H26N2O7S/c1-30-19-10-7-17(15-20(19)33(28,29)24-18-8-9-18)23(27)32-21(16-5-3-2-4-6-16)22(26)25-11-13-31-14-12-25/h2-7,10,15,18,21,24H,8-9,11-14H2,1H3. The average Bonchev–Trinajstić information content (AvgIpc) is 3.66. The van der Waals surface area contributed by atoms with Gasteiger partial charge in [0.15, 0.2) is 0 Å². The normalized spacial score (nSPS) is 17.3. The molecule has 0 aromatic heterocycles. The molecule has 33 heavy (non-hydrogen) atoms. The Labute approximate surface area is 192 Å². The van der Waals surface area contributed by atoms with Gasteiger partial charge in [-0.2, -0.15) is 0 Å². The van der Waals surface area contributed by atoms with Crippen LogP contribution in [0.1, 0.15) is 34.9 Å². The minimum Gasteiger partial charge on any atom is -0.495 e. The number of hydrogen-bond acceptors (Lipinski definition) is 7. The Kier molecular flexibility index (Phi) is 6.96. The van der Waals surface area contributed by atoms with E-state index in [1.165, 1.54) is 25.3 Å². The lowest BCUT2D eigenvalue weighted by molar-refractivity contribution is -0.145. The fourth-order valence-electron chi connectivity index (χ4n) is 3.51. The molecular weight excluding hydrogens is 448 g/mol. The molecule has 0 bridgehead atoms. The van der Waals surface area contributed by atoms with E-state index in [-0.39, 0.29) is 28.2 Å². The van der Waals surface area contributed by atoms with Crippen molar-refractivity contribution in [3.8, 4) is 5.75 Å². The molecule has 10 heteroatoms. The highest BCUT2D eigenvalue weighted by Crippen LogP contribution is 2.29. The summed E-state index contributed by atoms with van der Waals surface area (Å²) in [7, 11) is -2.52. The van der Waals surface area contributed by atoms with Gasteiger partial charge >= 0.3 is 5.97 Å². The van der Waals surface area contributed by atoms with Crippen molar-refractivity contribution in [2.24, 2.45) is 0 Å². The van der Waals surface area contributed by atoms with Gasteiger partial charge in [0.05, 0.1) is 25.9 Å². The summed E-state index contributed by atoms with van der Waals surface area (Å²) in [5.74, 6) is -1.05. The molecule has 0 spiro atoms. The van der Waals surface area contributed by atoms with E-state index < -0.39 is 22.1 Å². The van der Waals surface area contributed by atoms with Gasteiger partial charge in [-0.3, -0.25) is 4.79 Å². The molecule has 1 atom stereocenters. The average molecular weight is 475 g/mol. The van der Waals surface area contributed by atoms with Crippen LogP contribution in [0, 0.1) is 0 Å². The highest BCUT2D eigenvalue weighted by molar-refractivity contribution is 7.89. The molecule has 4 rings (SSSR count). The maximum Gasteiger partial charge on any atom is 0.339 e. The summed E-state index contributed by atoms with van der Waals surface area (Å²) >= 11 is 0. The zero-order valence-electron chi connectivity index (χ0n) is 18.2. The highest BCUT2D eigenvalue weighted by atomic mass is 32.2. The van der Waals surface area contributed by atoms with Gasteiger partial charge in [-0.25, -0.2) is 17.9 Å². The van der Waals surface area contributed by atoms with Crippen molar-refractivity contribution in [1.29, 1.82) is 0 Å². The van der Waals surface area contributed by atoms with Crippen molar-refractivity contribution >= 4 is 21.9 Å². The SMILES string of the molecule is COc1ccc(C(=O)OC(C(=O)N2CCOCC2)c2ccccc2)cc1S(=O)(=O)NC1CC1. The number of hydrogen-bond donors (Lipinski definition) is 1. The Morgan fingerprint density at radius 3 is 2.42 bits per heavy atom. The number of methoxy groups -OCH3 is 1. The van der Waals surface area contributed by atoms with Crippen LogP contribution in [0.15, 0.2) is 53.4 Å². The van der Waals surface area contributed by atoms with E-state index in [2.05, 4.69) is 4.72 Å². The molecule has 1 unspecified atom stereocenters. The smallest absolute Gasteiger partial charge is 0.339 e. The molecule has 2 aromatic rings. The van der Waals surface area contributed by atoms with Crippen LogP contribution in [0.2, 0.25) is 0 Å². The van der Waals surface area contributed by atoms with Crippen molar-refractivity contribution in [3.63, 3.8) is 0 Å². The maximum atomic E-state index is 13.2. The lowest BCUT2D eigenvalue weighted by Crippen LogP contribution is -2.44. The summed E-state index contributed by atoms with van der Waals surface area (Å²) in [6.07, 6.45) is 0.376. The number of amides is 1. The van der Waals surface area contributed by atoms with Gasteiger partial charge in [0.1, 0.15) is 10.6 Å². The van der Waals surface area contributed by atoms with E-state index in [0.29, 0.717) is 31.9 Å². The van der Waals surface area contributed by atoms with Crippen LogP contribution in [0.5, 0.6) is 5.75 Å². The second kappa shape index (κ2) is 9.90. The van der Waals surface area contributed by atoms with Crippen molar-refractivity contribution in [3.05, 3.63) is 59.7 Å². The summed E-state index contributed by atoms with van der Waals surface area (Å²) in [6, 6.07) is 12.7. The van der Waals surface area contributed by atoms with E-state index in [1.807, 2.05) is 0 Å². The molecule has 1 heterocycles. The number of sulfonamides is 1. The number of esters is 1. The van der Waals surface area contributed by atoms with Crippen LogP contribution in [-0.4, -0.2) is 64.6 Å². The van der Waals surface area contributed by atoms with Crippen molar-refractivity contribution < 1.29 is 32.2 Å². The van der Waals surface area contributed by atoms with Crippen LogP contribution in [0.3, 0.4) is 0 Å². The Morgan fingerprint density at radius 1 is 1.09 bits per heavy atom. The number of rotatable bonds is 8. The number of carbonyl (C=O) groups is 2. The van der Waals surface area contributed by atoms with Crippen LogP contribution in [0.25, 0.3) is 0 Å². The van der Waals surface area contributed by atoms with Crippen LogP contribution < -0.4 is 9.46 Å². The van der Waals surface area contributed by atoms with E-state index >= 15 is 0 Å². The largest absolute Gasteiger partial charge is 0.495 e. The first-order valence-electron chi connectivity index (χ1n) is 10.7. The first-order valence-corrected chi connectivity index (χ1v) is 12.2. The highest BCUT2D eigenvalue weighted by Gasteiger charge is 2.33. The quantitative estimate of drug-likeness (QED) is 0.582. The van der Waals surface area contributed by atoms with Crippen LogP contribution in [-0.2, 0) is 24.3 Å². The molecule has 9 nitrogen and oxygen atoms in total. The minimum atomic E-state index is -3.88. The van der Waals surface area contributed by atoms with Gasteiger partial charge in [-0.15, -0.1) is 0 Å². The first kappa shape index (κ1) is 23.2. The fraction of sp³-hybridized carbons (Fsp3) is 0.391. The van der Waals surface area contributed by atoms with Crippen LogP contribution in [0.4, 0.5) is 0 Å². The summed E-state index contributed by atoms with van der Waals surface area (Å²) in [6.45, 7) is 1.62. The van der Waals surface area contributed by atoms with E-state index in [1.54, 1.807) is 35.2 Å². The monoisotopic (exact) mass is 474 g/mol. The molecule has 0 radical (unpaired) electrons. The summed E-state index contributed by atoms with van der Waals surface area (Å²) < 4.78 is 44.3. The molecule has 1 aliphatic carbocycles. The van der Waals surface area contributed by atoms with Crippen molar-refractivity contribution in [2.75, 3.05) is 33.4 Å². The fourth-order valence-corrected chi connectivity index (χ4v) is 5.01. The zero-order valence-corrected chi connectivity index (χ0v) is 19.0. The summed E-state index contributed by atoms with van der Waals surface area (Å²) in [5, 5.41) is 0. The van der Waals surface area contributed by atoms with Crippen molar-refractivity contribution in [2.45, 2.75) is 29.9 Å². The van der Waals surface area contributed by atoms with Gasteiger partial charge in [0.25, 0.3) is 5.91 Å². The molecule has 1 N–H and O–H groups in total. The first-order chi connectivity index (χ1) is 15.9. The minimum absolute atomic E-state index is 0.00248. The molecule has 2 aliphatic rings. The van der Waals surface area contributed by atoms with Crippen LogP contribution >= 0.6 is 0 Å². The Hall–Kier alpha value is -2.95. The molecule has 1 saturated carbocycles. The second-order valence-corrected chi connectivity index (χ2v) is 9.58. The van der Waals surface area contributed by atoms with Gasteiger partial charge in [0.2, 0.25) is 16.1 Å². The van der Waals surface area contributed by atoms with Gasteiger partial charge in [-0.05, 0) is 31.0 Å². The number of ether oxygens (including phenoxy) is 3. The second-order valence-electron chi connectivity index (χ2n) is 7.89. The Balaban J connectivity index is 1.61. The predicted molar refractivity (Wildman–Crippen MR) is 118 cm³/mol. The summed E-state index contributed by atoms with van der Waals surface area (Å²) in [5.41, 5.74) is 0.529. The number of nitrogens with zero attached hydrogens (tertiary/aromatic N) is 1. The maximum absolute atomic E-state index is 13.2. The Morgan fingerprint density at radius 2 is 1.79 bits per heavy atom. The third-order valence-corrected chi connectivity index (χ3v) is 7.00. The predicted octanol–water partition coefficient (Wildman–Crippen LogP) is 1.89. The molecule has 176 valence electrons. The molecule has 1 amide bonds. The topological polar surface area (TPSA) is 111 Å². The zero-order chi connectivity index (χ0) is 23.4. The number of benzene rings is 2. The third kappa shape index (κ3) is 5.52. The van der Waals surface area contributed by atoms with Gasteiger partial charge < -0.3 is 19.1 Å². The molecule has 2 fully saturated rings.